The normalized spacial score (nSPS) is 13.1. The van der Waals surface area contributed by atoms with Crippen LogP contribution in [0.15, 0.2) is 54.4 Å². The van der Waals surface area contributed by atoms with Gasteiger partial charge in [0.25, 0.3) is 5.91 Å². The number of amides is 1. The van der Waals surface area contributed by atoms with Crippen molar-refractivity contribution >= 4 is 11.8 Å². The number of benzene rings is 1. The number of hydrogen-bond donors (Lipinski definition) is 1. The minimum atomic E-state index is -0.268. The molecule has 1 aliphatic rings. The Hall–Kier alpha value is -2.78. The summed E-state index contributed by atoms with van der Waals surface area (Å²) >= 11 is 0. The summed E-state index contributed by atoms with van der Waals surface area (Å²) in [5.74, 6) is 2.06. The molecule has 1 heterocycles. The summed E-state index contributed by atoms with van der Waals surface area (Å²) in [5, 5.41) is 2.73. The molecule has 1 N–H and O–H groups in total. The maximum Gasteiger partial charge on any atom is 0.256 e. The topological polar surface area (TPSA) is 58.6 Å². The minimum Gasteiger partial charge on any atom is -0.496 e. The molecule has 0 aliphatic carbocycles. The van der Waals surface area contributed by atoms with Crippen LogP contribution < -0.4 is 10.1 Å². The van der Waals surface area contributed by atoms with Gasteiger partial charge < -0.3 is 15.0 Å². The molecule has 1 amide bonds. The highest BCUT2D eigenvalue weighted by atomic mass is 16.5. The van der Waals surface area contributed by atoms with Crippen LogP contribution in [0.4, 0.5) is 0 Å². The van der Waals surface area contributed by atoms with Crippen LogP contribution in [0.1, 0.15) is 10.4 Å². The Labute approximate surface area is 116 Å². The van der Waals surface area contributed by atoms with Crippen molar-refractivity contribution in [1.82, 2.24) is 10.2 Å². The van der Waals surface area contributed by atoms with Crippen LogP contribution in [0.2, 0.25) is 0 Å². The van der Waals surface area contributed by atoms with E-state index in [1.54, 1.807) is 53.6 Å². The van der Waals surface area contributed by atoms with Gasteiger partial charge in [-0.2, -0.15) is 0 Å². The molecule has 5 heteroatoms. The van der Waals surface area contributed by atoms with Crippen LogP contribution in [0, 0.1) is 0 Å². The monoisotopic (exact) mass is 270 g/mol. The molecule has 2 rings (SSSR count). The summed E-state index contributed by atoms with van der Waals surface area (Å²) in [4.78, 5) is 24.5. The van der Waals surface area contributed by atoms with Crippen molar-refractivity contribution in [1.29, 1.82) is 0 Å². The fraction of sp³-hybridized carbons (Fsp3) is 0.133. The summed E-state index contributed by atoms with van der Waals surface area (Å²) in [6.07, 6.45) is 6.83. The zero-order chi connectivity index (χ0) is 14.4. The molecule has 0 aromatic heterocycles. The van der Waals surface area contributed by atoms with Gasteiger partial charge in [-0.3, -0.25) is 4.79 Å². The molecule has 0 radical (unpaired) electrons. The number of rotatable bonds is 4. The average Bonchev–Trinajstić information content (AvgIpc) is 2.52. The largest absolute Gasteiger partial charge is 0.496 e. The summed E-state index contributed by atoms with van der Waals surface area (Å²) in [7, 11) is 1.51. The predicted octanol–water partition coefficient (Wildman–Crippen LogP) is 1.48. The molecule has 1 aliphatic heterocycles. The van der Waals surface area contributed by atoms with Crippen molar-refractivity contribution in [2.45, 2.75) is 0 Å². The van der Waals surface area contributed by atoms with E-state index in [9.17, 15) is 9.59 Å². The van der Waals surface area contributed by atoms with E-state index in [-0.39, 0.29) is 12.6 Å². The minimum absolute atomic E-state index is 0.183. The molecular weight excluding hydrogens is 256 g/mol. The third-order valence-corrected chi connectivity index (χ3v) is 2.81. The molecule has 0 saturated heterocycles. The van der Waals surface area contributed by atoms with Crippen molar-refractivity contribution < 1.29 is 14.3 Å². The predicted molar refractivity (Wildman–Crippen MR) is 74.7 cm³/mol. The third-order valence-electron chi connectivity index (χ3n) is 2.81. The molecule has 102 valence electrons. The number of hydrogen-bond acceptors (Lipinski definition) is 4. The lowest BCUT2D eigenvalue weighted by atomic mass is 10.2. The van der Waals surface area contributed by atoms with Gasteiger partial charge in [-0.25, -0.2) is 4.79 Å². The molecule has 0 spiro atoms. The van der Waals surface area contributed by atoms with Crippen LogP contribution in [0.5, 0.6) is 5.75 Å². The number of methoxy groups -OCH3 is 1. The SMILES string of the molecule is COc1ccccc1C(=O)NCN1C=CC=CC1=C=O. The Balaban J connectivity index is 2.04. The Bertz CT molecular complexity index is 613. The van der Waals surface area contributed by atoms with E-state index in [4.69, 9.17) is 4.74 Å². The van der Waals surface area contributed by atoms with Crippen LogP contribution >= 0.6 is 0 Å². The van der Waals surface area contributed by atoms with Gasteiger partial charge in [0.15, 0.2) is 5.94 Å². The fourth-order valence-electron chi connectivity index (χ4n) is 1.79. The van der Waals surface area contributed by atoms with Gasteiger partial charge in [-0.15, -0.1) is 0 Å². The molecule has 0 bridgehead atoms. The number of nitrogens with zero attached hydrogens (tertiary/aromatic N) is 1. The van der Waals surface area contributed by atoms with Crippen LogP contribution in [0.3, 0.4) is 0 Å². The van der Waals surface area contributed by atoms with Gasteiger partial charge in [-0.05, 0) is 24.3 Å². The fourth-order valence-corrected chi connectivity index (χ4v) is 1.79. The first-order valence-electron chi connectivity index (χ1n) is 6.04. The zero-order valence-corrected chi connectivity index (χ0v) is 11.0. The van der Waals surface area contributed by atoms with Crippen LogP contribution in [0.25, 0.3) is 0 Å². The standard InChI is InChI=1S/C15H14N2O3/c1-20-14-8-3-2-7-13(14)15(19)16-11-17-9-5-4-6-12(17)10-18/h2-9H,11H2,1H3,(H,16,19). The molecule has 1 aromatic carbocycles. The second-order valence-corrected chi connectivity index (χ2v) is 4.02. The Morgan fingerprint density at radius 1 is 1.35 bits per heavy atom. The van der Waals surface area contributed by atoms with Gasteiger partial charge in [0.1, 0.15) is 11.4 Å². The number of nitrogens with one attached hydrogen (secondary N) is 1. The average molecular weight is 270 g/mol. The number of carbonyl (C=O) groups excluding carboxylic acids is 2. The van der Waals surface area contributed by atoms with Crippen molar-refractivity contribution in [3.8, 4) is 5.75 Å². The number of ether oxygens (including phenoxy) is 1. The maximum atomic E-state index is 12.1. The highest BCUT2D eigenvalue weighted by Gasteiger charge is 2.13. The molecule has 0 fully saturated rings. The molecule has 5 nitrogen and oxygen atoms in total. The zero-order valence-electron chi connectivity index (χ0n) is 11.0. The van der Waals surface area contributed by atoms with E-state index in [0.29, 0.717) is 17.0 Å². The number of carbonyl (C=O) groups is 1. The first-order chi connectivity index (χ1) is 9.76. The lowest BCUT2D eigenvalue weighted by Crippen LogP contribution is -2.34. The van der Waals surface area contributed by atoms with Crippen LogP contribution in [-0.4, -0.2) is 30.5 Å². The van der Waals surface area contributed by atoms with Gasteiger partial charge >= 0.3 is 0 Å². The highest BCUT2D eigenvalue weighted by Crippen LogP contribution is 2.17. The lowest BCUT2D eigenvalue weighted by molar-refractivity contribution is 0.0937. The quantitative estimate of drug-likeness (QED) is 0.842. The maximum absolute atomic E-state index is 12.1. The van der Waals surface area contributed by atoms with Gasteiger partial charge in [-0.1, -0.05) is 18.2 Å². The number of allylic oxidation sites excluding steroid dienone is 3. The van der Waals surface area contributed by atoms with Crippen molar-refractivity contribution in [2.75, 3.05) is 13.8 Å². The third kappa shape index (κ3) is 2.96. The van der Waals surface area contributed by atoms with Gasteiger partial charge in [0.05, 0.1) is 19.3 Å². The second-order valence-electron chi connectivity index (χ2n) is 4.02. The van der Waals surface area contributed by atoms with Crippen molar-refractivity contribution in [3.05, 3.63) is 60.0 Å². The van der Waals surface area contributed by atoms with Crippen molar-refractivity contribution in [3.63, 3.8) is 0 Å². The Morgan fingerprint density at radius 3 is 2.90 bits per heavy atom. The van der Waals surface area contributed by atoms with Crippen LogP contribution in [-0.2, 0) is 4.79 Å². The van der Waals surface area contributed by atoms with E-state index in [0.717, 1.165) is 0 Å². The summed E-state index contributed by atoms with van der Waals surface area (Å²) in [5.41, 5.74) is 0.816. The lowest BCUT2D eigenvalue weighted by Gasteiger charge is -2.21. The molecule has 20 heavy (non-hydrogen) atoms. The Kier molecular flexibility index (Phi) is 4.37. The van der Waals surface area contributed by atoms with Gasteiger partial charge in [0, 0.05) is 6.20 Å². The molecular formula is C15H14N2O3. The molecule has 0 unspecified atom stereocenters. The van der Waals surface area contributed by atoms with Gasteiger partial charge in [0.2, 0.25) is 0 Å². The number of para-hydroxylation sites is 1. The second kappa shape index (κ2) is 6.41. The molecule has 1 aromatic rings. The summed E-state index contributed by atoms with van der Waals surface area (Å²) < 4.78 is 5.13. The van der Waals surface area contributed by atoms with E-state index >= 15 is 0 Å². The van der Waals surface area contributed by atoms with E-state index in [1.165, 1.54) is 7.11 Å². The summed E-state index contributed by atoms with van der Waals surface area (Å²) in [6.45, 7) is 0.183. The Morgan fingerprint density at radius 2 is 2.15 bits per heavy atom. The first kappa shape index (κ1) is 13.6. The molecule has 0 atom stereocenters. The summed E-state index contributed by atoms with van der Waals surface area (Å²) in [6, 6.07) is 6.95. The highest BCUT2D eigenvalue weighted by molar-refractivity contribution is 5.96. The van der Waals surface area contributed by atoms with E-state index in [1.807, 2.05) is 5.94 Å². The van der Waals surface area contributed by atoms with E-state index < -0.39 is 0 Å². The molecule has 0 saturated carbocycles. The van der Waals surface area contributed by atoms with E-state index in [2.05, 4.69) is 5.32 Å². The first-order valence-corrected chi connectivity index (χ1v) is 6.04. The smallest absolute Gasteiger partial charge is 0.256 e. The van der Waals surface area contributed by atoms with Crippen molar-refractivity contribution in [2.24, 2.45) is 0 Å².